The molecular formula is C21H28N4O4. The van der Waals surface area contributed by atoms with Crippen molar-refractivity contribution in [3.63, 3.8) is 0 Å². The number of carbonyl (C=O) groups is 1. The molecule has 2 amide bonds. The average molecular weight is 400 g/mol. The monoisotopic (exact) mass is 400 g/mol. The minimum absolute atomic E-state index is 0.219. The van der Waals surface area contributed by atoms with Gasteiger partial charge in [0.05, 0.1) is 27.4 Å². The Balaban J connectivity index is 1.50. The first-order valence-electron chi connectivity index (χ1n) is 9.70. The third-order valence-corrected chi connectivity index (χ3v) is 4.78. The van der Waals surface area contributed by atoms with Crippen molar-refractivity contribution in [3.8, 4) is 11.5 Å². The fourth-order valence-electron chi connectivity index (χ4n) is 3.25. The molecule has 1 aliphatic rings. The van der Waals surface area contributed by atoms with Gasteiger partial charge in [0.2, 0.25) is 0 Å². The van der Waals surface area contributed by atoms with E-state index in [9.17, 15) is 4.79 Å². The maximum atomic E-state index is 12.2. The standard InChI is InChI=1S/C21H28N4O4/c1-27-18-5-6-19(28-2)16(14-18)7-9-23-21(26)24-15-17-4-3-8-22-20(17)25-10-12-29-13-11-25/h3-6,8,14H,7,9-13,15H2,1-2H3,(H2,23,24,26). The van der Waals surface area contributed by atoms with Gasteiger partial charge in [-0.1, -0.05) is 6.07 Å². The molecule has 1 saturated heterocycles. The lowest BCUT2D eigenvalue weighted by Gasteiger charge is -2.29. The minimum Gasteiger partial charge on any atom is -0.497 e. The normalized spacial score (nSPS) is 13.7. The van der Waals surface area contributed by atoms with Crippen molar-refractivity contribution in [1.82, 2.24) is 15.6 Å². The molecule has 0 bridgehead atoms. The summed E-state index contributed by atoms with van der Waals surface area (Å²) >= 11 is 0. The minimum atomic E-state index is -0.219. The van der Waals surface area contributed by atoms with Gasteiger partial charge in [-0.2, -0.15) is 0 Å². The molecule has 0 radical (unpaired) electrons. The van der Waals surface area contributed by atoms with E-state index in [2.05, 4.69) is 20.5 Å². The SMILES string of the molecule is COc1ccc(OC)c(CCNC(=O)NCc2cccnc2N2CCOCC2)c1. The molecule has 0 spiro atoms. The molecule has 2 heterocycles. The smallest absolute Gasteiger partial charge is 0.315 e. The maximum Gasteiger partial charge on any atom is 0.315 e. The van der Waals surface area contributed by atoms with Gasteiger partial charge in [0.15, 0.2) is 0 Å². The number of benzene rings is 1. The van der Waals surface area contributed by atoms with E-state index in [4.69, 9.17) is 14.2 Å². The molecule has 0 aliphatic carbocycles. The van der Waals surface area contributed by atoms with Crippen LogP contribution in [0.25, 0.3) is 0 Å². The Labute approximate surface area is 171 Å². The van der Waals surface area contributed by atoms with Crippen LogP contribution in [0.4, 0.5) is 10.6 Å². The van der Waals surface area contributed by atoms with E-state index in [1.807, 2.05) is 30.3 Å². The summed E-state index contributed by atoms with van der Waals surface area (Å²) in [7, 11) is 3.26. The number of aromatic nitrogens is 1. The summed E-state index contributed by atoms with van der Waals surface area (Å²) in [5.41, 5.74) is 1.97. The Bertz CT molecular complexity index is 809. The molecule has 2 aromatic rings. The van der Waals surface area contributed by atoms with Crippen molar-refractivity contribution in [3.05, 3.63) is 47.7 Å². The lowest BCUT2D eigenvalue weighted by Crippen LogP contribution is -2.39. The molecule has 8 heteroatoms. The Morgan fingerprint density at radius 1 is 1.14 bits per heavy atom. The molecule has 1 fully saturated rings. The van der Waals surface area contributed by atoms with Crippen LogP contribution < -0.4 is 25.0 Å². The molecule has 2 N–H and O–H groups in total. The summed E-state index contributed by atoms with van der Waals surface area (Å²) in [6, 6.07) is 9.28. The van der Waals surface area contributed by atoms with Crippen LogP contribution in [0.15, 0.2) is 36.5 Å². The largest absolute Gasteiger partial charge is 0.497 e. The van der Waals surface area contributed by atoms with Crippen molar-refractivity contribution in [2.75, 3.05) is 52.0 Å². The summed E-state index contributed by atoms with van der Waals surface area (Å²) in [5, 5.41) is 5.80. The molecule has 0 unspecified atom stereocenters. The van der Waals surface area contributed by atoms with Crippen molar-refractivity contribution >= 4 is 11.8 Å². The number of nitrogens with one attached hydrogen (secondary N) is 2. The van der Waals surface area contributed by atoms with Crippen LogP contribution in [0.3, 0.4) is 0 Å². The zero-order chi connectivity index (χ0) is 20.5. The number of urea groups is 1. The van der Waals surface area contributed by atoms with E-state index in [1.165, 1.54) is 0 Å². The molecule has 29 heavy (non-hydrogen) atoms. The Hall–Kier alpha value is -3.00. The first kappa shape index (κ1) is 20.7. The Kier molecular flexibility index (Phi) is 7.52. The molecular weight excluding hydrogens is 372 g/mol. The number of rotatable bonds is 8. The molecule has 0 atom stereocenters. The van der Waals surface area contributed by atoms with Crippen molar-refractivity contribution in [2.24, 2.45) is 0 Å². The number of carbonyl (C=O) groups excluding carboxylic acids is 1. The Morgan fingerprint density at radius 2 is 1.97 bits per heavy atom. The third-order valence-electron chi connectivity index (χ3n) is 4.78. The van der Waals surface area contributed by atoms with E-state index in [-0.39, 0.29) is 6.03 Å². The van der Waals surface area contributed by atoms with Gasteiger partial charge in [-0.3, -0.25) is 0 Å². The van der Waals surface area contributed by atoms with E-state index in [1.54, 1.807) is 20.4 Å². The highest BCUT2D eigenvalue weighted by molar-refractivity contribution is 5.74. The number of hydrogen-bond donors (Lipinski definition) is 2. The highest BCUT2D eigenvalue weighted by Crippen LogP contribution is 2.24. The van der Waals surface area contributed by atoms with Crippen LogP contribution in [0.1, 0.15) is 11.1 Å². The number of pyridine rings is 1. The van der Waals surface area contributed by atoms with Crippen molar-refractivity contribution in [2.45, 2.75) is 13.0 Å². The van der Waals surface area contributed by atoms with Crippen LogP contribution in [0.5, 0.6) is 11.5 Å². The predicted octanol–water partition coefficient (Wildman–Crippen LogP) is 1.98. The molecule has 156 valence electrons. The summed E-state index contributed by atoms with van der Waals surface area (Å²) in [4.78, 5) is 18.9. The zero-order valence-corrected chi connectivity index (χ0v) is 16.9. The average Bonchev–Trinajstić information content (AvgIpc) is 2.78. The lowest BCUT2D eigenvalue weighted by molar-refractivity contribution is 0.122. The number of morpholine rings is 1. The van der Waals surface area contributed by atoms with Gasteiger partial charge in [-0.05, 0) is 36.2 Å². The molecule has 1 aromatic carbocycles. The van der Waals surface area contributed by atoms with Gasteiger partial charge >= 0.3 is 6.03 Å². The lowest BCUT2D eigenvalue weighted by atomic mass is 10.1. The predicted molar refractivity (Wildman–Crippen MR) is 111 cm³/mol. The van der Waals surface area contributed by atoms with Gasteiger partial charge in [-0.25, -0.2) is 9.78 Å². The molecule has 1 aliphatic heterocycles. The van der Waals surface area contributed by atoms with Crippen LogP contribution in [0.2, 0.25) is 0 Å². The van der Waals surface area contributed by atoms with Crippen LogP contribution >= 0.6 is 0 Å². The quantitative estimate of drug-likeness (QED) is 0.705. The van der Waals surface area contributed by atoms with E-state index < -0.39 is 0 Å². The second-order valence-corrected chi connectivity index (χ2v) is 6.62. The first-order valence-corrected chi connectivity index (χ1v) is 9.70. The fraction of sp³-hybridized carbons (Fsp3) is 0.429. The van der Waals surface area contributed by atoms with Crippen molar-refractivity contribution in [1.29, 1.82) is 0 Å². The number of amides is 2. The molecule has 1 aromatic heterocycles. The molecule has 8 nitrogen and oxygen atoms in total. The second-order valence-electron chi connectivity index (χ2n) is 6.62. The molecule has 0 saturated carbocycles. The van der Waals surface area contributed by atoms with E-state index in [0.717, 1.165) is 41.5 Å². The van der Waals surface area contributed by atoms with Crippen LogP contribution in [-0.2, 0) is 17.7 Å². The number of methoxy groups -OCH3 is 2. The van der Waals surface area contributed by atoms with Crippen LogP contribution in [0, 0.1) is 0 Å². The van der Waals surface area contributed by atoms with E-state index in [0.29, 0.717) is 32.7 Å². The van der Waals surface area contributed by atoms with Crippen LogP contribution in [-0.4, -0.2) is 58.1 Å². The summed E-state index contributed by atoms with van der Waals surface area (Å²) in [5.74, 6) is 2.44. The van der Waals surface area contributed by atoms with Gasteiger partial charge < -0.3 is 29.7 Å². The highest BCUT2D eigenvalue weighted by Gasteiger charge is 2.16. The summed E-state index contributed by atoms with van der Waals surface area (Å²) in [6.45, 7) is 3.89. The number of ether oxygens (including phenoxy) is 3. The highest BCUT2D eigenvalue weighted by atomic mass is 16.5. The number of anilines is 1. The van der Waals surface area contributed by atoms with Gasteiger partial charge in [0.1, 0.15) is 17.3 Å². The fourth-order valence-corrected chi connectivity index (χ4v) is 3.25. The van der Waals surface area contributed by atoms with E-state index >= 15 is 0 Å². The zero-order valence-electron chi connectivity index (χ0n) is 16.9. The Morgan fingerprint density at radius 3 is 2.72 bits per heavy atom. The topological polar surface area (TPSA) is 85.0 Å². The summed E-state index contributed by atoms with van der Waals surface area (Å²) in [6.07, 6.45) is 2.41. The van der Waals surface area contributed by atoms with Gasteiger partial charge in [0, 0.05) is 37.9 Å². The number of hydrogen-bond acceptors (Lipinski definition) is 6. The summed E-state index contributed by atoms with van der Waals surface area (Å²) < 4.78 is 16.0. The van der Waals surface area contributed by atoms with Gasteiger partial charge in [-0.15, -0.1) is 0 Å². The van der Waals surface area contributed by atoms with Crippen molar-refractivity contribution < 1.29 is 19.0 Å². The molecule has 3 rings (SSSR count). The maximum absolute atomic E-state index is 12.2. The third kappa shape index (κ3) is 5.74. The first-order chi connectivity index (χ1) is 14.2. The second kappa shape index (κ2) is 10.5. The van der Waals surface area contributed by atoms with Gasteiger partial charge in [0.25, 0.3) is 0 Å². The number of nitrogens with zero attached hydrogens (tertiary/aromatic N) is 2.